The van der Waals surface area contributed by atoms with Crippen molar-refractivity contribution in [2.45, 2.75) is 58.3 Å². The van der Waals surface area contributed by atoms with Crippen LogP contribution in [0.2, 0.25) is 0 Å². The van der Waals surface area contributed by atoms with Gasteiger partial charge in [0.05, 0.1) is 5.49 Å². The van der Waals surface area contributed by atoms with Crippen LogP contribution in [0.4, 0.5) is 8.78 Å². The Morgan fingerprint density at radius 2 is 1.75 bits per heavy atom. The Morgan fingerprint density at radius 1 is 1.17 bits per heavy atom. The molecular formula is C20H29F2NS. The van der Waals surface area contributed by atoms with E-state index in [0.29, 0.717) is 0 Å². The van der Waals surface area contributed by atoms with Crippen molar-refractivity contribution in [3.05, 3.63) is 35.9 Å². The topological polar surface area (TPSA) is 26.0 Å². The standard InChI is InChI=1S/C19H26F2.CH3NS/c1-13-9-19(15-7-5-4-6-8-15)11-14(16(13)17(20)21)10-18(2,3)12-19;2-1-3/h4-8,13-14,16-17H,9-12H2,1-3H3;1H,(H2,2,3). The second-order valence-electron chi connectivity index (χ2n) is 8.38. The monoisotopic (exact) mass is 353 g/mol. The highest BCUT2D eigenvalue weighted by Gasteiger charge is 2.54. The number of thiocarbonyl (C=S) groups is 1. The van der Waals surface area contributed by atoms with E-state index in [1.807, 2.05) is 13.0 Å². The van der Waals surface area contributed by atoms with Crippen LogP contribution in [0.5, 0.6) is 0 Å². The van der Waals surface area contributed by atoms with E-state index in [0.717, 1.165) is 31.2 Å². The van der Waals surface area contributed by atoms with E-state index < -0.39 is 12.3 Å². The summed E-state index contributed by atoms with van der Waals surface area (Å²) >= 11 is 4.05. The summed E-state index contributed by atoms with van der Waals surface area (Å²) in [6, 6.07) is 10.6. The van der Waals surface area contributed by atoms with Crippen LogP contribution < -0.4 is 5.73 Å². The van der Waals surface area contributed by atoms with Crippen LogP contribution in [-0.2, 0) is 5.41 Å². The molecule has 0 amide bonds. The van der Waals surface area contributed by atoms with E-state index in [9.17, 15) is 8.78 Å². The molecule has 134 valence electrons. The molecule has 2 saturated carbocycles. The second-order valence-corrected chi connectivity index (χ2v) is 8.66. The predicted octanol–water partition coefficient (Wildman–Crippen LogP) is 5.57. The van der Waals surface area contributed by atoms with Crippen molar-refractivity contribution < 1.29 is 8.78 Å². The summed E-state index contributed by atoms with van der Waals surface area (Å²) < 4.78 is 27.1. The van der Waals surface area contributed by atoms with Gasteiger partial charge in [0.25, 0.3) is 0 Å². The van der Waals surface area contributed by atoms with Crippen molar-refractivity contribution in [3.8, 4) is 0 Å². The molecule has 1 aromatic carbocycles. The molecule has 0 saturated heterocycles. The van der Waals surface area contributed by atoms with Crippen molar-refractivity contribution in [3.63, 3.8) is 0 Å². The molecule has 0 spiro atoms. The largest absolute Gasteiger partial charge is 0.396 e. The van der Waals surface area contributed by atoms with E-state index in [1.54, 1.807) is 0 Å². The molecule has 2 N–H and O–H groups in total. The molecular weight excluding hydrogens is 324 g/mol. The third-order valence-electron chi connectivity index (χ3n) is 5.88. The highest BCUT2D eigenvalue weighted by atomic mass is 32.1. The molecule has 0 heterocycles. The molecule has 4 heteroatoms. The lowest BCUT2D eigenvalue weighted by Gasteiger charge is -2.56. The molecule has 1 nitrogen and oxygen atoms in total. The molecule has 4 unspecified atom stereocenters. The maximum atomic E-state index is 13.5. The van der Waals surface area contributed by atoms with Gasteiger partial charge in [-0.3, -0.25) is 0 Å². The van der Waals surface area contributed by atoms with Crippen molar-refractivity contribution in [2.75, 3.05) is 0 Å². The average molecular weight is 354 g/mol. The maximum Gasteiger partial charge on any atom is 0.241 e. The number of hydrogen-bond donors (Lipinski definition) is 1. The number of halogens is 2. The van der Waals surface area contributed by atoms with Crippen LogP contribution in [0.1, 0.15) is 52.0 Å². The molecule has 2 bridgehead atoms. The number of hydrogen-bond acceptors (Lipinski definition) is 1. The molecule has 0 radical (unpaired) electrons. The Hall–Kier alpha value is -1.03. The SMILES string of the molecule is CC1CC2(c3ccccc3)CC(CC(C)(C)C2)C1C(F)F.NC=S. The van der Waals surface area contributed by atoms with Gasteiger partial charge in [-0.2, -0.15) is 0 Å². The summed E-state index contributed by atoms with van der Waals surface area (Å²) in [4.78, 5) is 0. The van der Waals surface area contributed by atoms with Gasteiger partial charge in [0.2, 0.25) is 6.43 Å². The molecule has 24 heavy (non-hydrogen) atoms. The van der Waals surface area contributed by atoms with Crippen LogP contribution in [0.15, 0.2) is 30.3 Å². The average Bonchev–Trinajstić information content (AvgIpc) is 2.46. The van der Waals surface area contributed by atoms with E-state index in [-0.39, 0.29) is 22.7 Å². The quantitative estimate of drug-likeness (QED) is 0.703. The summed E-state index contributed by atoms with van der Waals surface area (Å²) in [5, 5.41) is 0. The molecule has 2 aliphatic rings. The molecule has 0 aromatic heterocycles. The molecule has 3 rings (SSSR count). The van der Waals surface area contributed by atoms with Gasteiger partial charge in [-0.15, -0.1) is 0 Å². The van der Waals surface area contributed by atoms with Gasteiger partial charge in [-0.05, 0) is 53.9 Å². The van der Waals surface area contributed by atoms with Crippen LogP contribution in [-0.4, -0.2) is 11.9 Å². The fraction of sp³-hybridized carbons (Fsp3) is 0.650. The zero-order valence-electron chi connectivity index (χ0n) is 14.8. The Balaban J connectivity index is 0.000000647. The van der Waals surface area contributed by atoms with E-state index in [4.69, 9.17) is 0 Å². The minimum absolute atomic E-state index is 0.110. The first-order valence-electron chi connectivity index (χ1n) is 8.74. The van der Waals surface area contributed by atoms with Gasteiger partial charge < -0.3 is 5.73 Å². The minimum Gasteiger partial charge on any atom is -0.396 e. The number of rotatable bonds is 2. The van der Waals surface area contributed by atoms with Gasteiger partial charge in [-0.1, -0.05) is 63.3 Å². The summed E-state index contributed by atoms with van der Waals surface area (Å²) in [6.07, 6.45) is 1.75. The first-order chi connectivity index (χ1) is 11.2. The third-order valence-corrected chi connectivity index (χ3v) is 5.88. The van der Waals surface area contributed by atoms with Gasteiger partial charge in [0.1, 0.15) is 0 Å². The zero-order valence-corrected chi connectivity index (χ0v) is 15.7. The van der Waals surface area contributed by atoms with E-state index >= 15 is 0 Å². The first-order valence-corrected chi connectivity index (χ1v) is 9.21. The fourth-order valence-corrected chi connectivity index (χ4v) is 5.57. The highest BCUT2D eigenvalue weighted by molar-refractivity contribution is 7.78. The van der Waals surface area contributed by atoms with Gasteiger partial charge in [0.15, 0.2) is 0 Å². The van der Waals surface area contributed by atoms with Crippen LogP contribution >= 0.6 is 12.2 Å². The van der Waals surface area contributed by atoms with Crippen LogP contribution in [0.25, 0.3) is 0 Å². The van der Waals surface area contributed by atoms with E-state index in [1.165, 1.54) is 5.56 Å². The van der Waals surface area contributed by atoms with Crippen LogP contribution in [0, 0.1) is 23.2 Å². The van der Waals surface area contributed by atoms with Crippen molar-refractivity contribution in [1.82, 2.24) is 0 Å². The van der Waals surface area contributed by atoms with E-state index in [2.05, 4.69) is 56.1 Å². The number of fused-ring (bicyclic) bond motifs is 2. The lowest BCUT2D eigenvalue weighted by atomic mass is 9.48. The summed E-state index contributed by atoms with van der Waals surface area (Å²) in [7, 11) is 0. The first kappa shape index (κ1) is 19.3. The fourth-order valence-electron chi connectivity index (χ4n) is 5.57. The third kappa shape index (κ3) is 3.96. The van der Waals surface area contributed by atoms with Crippen LogP contribution in [0.3, 0.4) is 0 Å². The zero-order chi connectivity index (χ0) is 18.0. The Morgan fingerprint density at radius 3 is 2.29 bits per heavy atom. The van der Waals surface area contributed by atoms with Gasteiger partial charge in [0, 0.05) is 5.92 Å². The minimum atomic E-state index is -2.17. The molecule has 0 aliphatic heterocycles. The normalized spacial score (nSPS) is 34.2. The molecule has 1 aromatic rings. The summed E-state index contributed by atoms with van der Waals surface area (Å²) in [5.41, 5.74) is 7.25. The van der Waals surface area contributed by atoms with Crippen molar-refractivity contribution in [1.29, 1.82) is 0 Å². The lowest BCUT2D eigenvalue weighted by Crippen LogP contribution is -2.51. The van der Waals surface area contributed by atoms with Crippen molar-refractivity contribution >= 4 is 17.7 Å². The molecule has 2 aliphatic carbocycles. The highest BCUT2D eigenvalue weighted by Crippen LogP contribution is 2.60. The molecule has 2 fully saturated rings. The van der Waals surface area contributed by atoms with Crippen molar-refractivity contribution in [2.24, 2.45) is 28.9 Å². The lowest BCUT2D eigenvalue weighted by molar-refractivity contribution is -0.0790. The predicted molar refractivity (Wildman–Crippen MR) is 100 cm³/mol. The number of alkyl halides is 2. The number of nitrogens with two attached hydrogens (primary N) is 1. The Kier molecular flexibility index (Phi) is 6.00. The number of benzene rings is 1. The summed E-state index contributed by atoms with van der Waals surface area (Å²) in [5.74, 6) is -0.140. The van der Waals surface area contributed by atoms with Gasteiger partial charge >= 0.3 is 0 Å². The summed E-state index contributed by atoms with van der Waals surface area (Å²) in [6.45, 7) is 6.56. The second kappa shape index (κ2) is 7.47. The molecule has 4 atom stereocenters. The Bertz CT molecular complexity index is 542. The Labute approximate surface area is 150 Å². The van der Waals surface area contributed by atoms with Gasteiger partial charge in [-0.25, -0.2) is 8.78 Å². The maximum absolute atomic E-state index is 13.5. The smallest absolute Gasteiger partial charge is 0.241 e.